The van der Waals surface area contributed by atoms with Gasteiger partial charge in [0, 0.05) is 24.1 Å². The molecule has 0 bridgehead atoms. The number of hydrogen-bond acceptors (Lipinski definition) is 5. The van der Waals surface area contributed by atoms with Gasteiger partial charge in [-0.25, -0.2) is 4.98 Å². The smallest absolute Gasteiger partial charge is 0.224 e. The molecule has 1 aromatic heterocycles. The molecule has 2 N–H and O–H groups in total. The highest BCUT2D eigenvalue weighted by Gasteiger charge is 2.21. The number of halogens is 1. The summed E-state index contributed by atoms with van der Waals surface area (Å²) in [5, 5.41) is 0.914. The summed E-state index contributed by atoms with van der Waals surface area (Å²) in [5.41, 5.74) is 6.48. The van der Waals surface area contributed by atoms with Gasteiger partial charge < -0.3 is 10.6 Å². The standard InChI is InChI=1S/C10H15ClN4S/c1-2-7-6-15(3-4-16-7)9-8(12)5-13-10(11)14-9/h5,7H,2-4,6,12H2,1H3. The minimum Gasteiger partial charge on any atom is -0.394 e. The summed E-state index contributed by atoms with van der Waals surface area (Å²) >= 11 is 7.81. The van der Waals surface area contributed by atoms with Gasteiger partial charge in [-0.1, -0.05) is 6.92 Å². The monoisotopic (exact) mass is 258 g/mol. The Morgan fingerprint density at radius 1 is 1.69 bits per heavy atom. The highest BCUT2D eigenvalue weighted by Crippen LogP contribution is 2.28. The second-order valence-corrected chi connectivity index (χ2v) is 5.51. The minimum atomic E-state index is 0.260. The molecule has 16 heavy (non-hydrogen) atoms. The molecule has 0 saturated carbocycles. The van der Waals surface area contributed by atoms with Crippen molar-refractivity contribution in [2.24, 2.45) is 0 Å². The highest BCUT2D eigenvalue weighted by molar-refractivity contribution is 8.00. The Kier molecular flexibility index (Phi) is 3.76. The van der Waals surface area contributed by atoms with Crippen LogP contribution in [0, 0.1) is 0 Å². The van der Waals surface area contributed by atoms with Gasteiger partial charge in [0.15, 0.2) is 5.82 Å². The van der Waals surface area contributed by atoms with Crippen molar-refractivity contribution in [3.05, 3.63) is 11.5 Å². The number of anilines is 2. The van der Waals surface area contributed by atoms with Crippen LogP contribution in [0.25, 0.3) is 0 Å². The molecule has 1 aliphatic heterocycles. The summed E-state index contributed by atoms with van der Waals surface area (Å²) in [5.74, 6) is 1.89. The van der Waals surface area contributed by atoms with Gasteiger partial charge in [0.2, 0.25) is 5.28 Å². The van der Waals surface area contributed by atoms with Gasteiger partial charge in [-0.15, -0.1) is 0 Å². The maximum atomic E-state index is 5.88. The lowest BCUT2D eigenvalue weighted by atomic mass is 10.3. The number of rotatable bonds is 2. The van der Waals surface area contributed by atoms with Crippen LogP contribution in [0.2, 0.25) is 5.28 Å². The van der Waals surface area contributed by atoms with Crippen LogP contribution in [0.5, 0.6) is 0 Å². The molecule has 0 aliphatic carbocycles. The maximum absolute atomic E-state index is 5.88. The Bertz CT molecular complexity index is 374. The van der Waals surface area contributed by atoms with Gasteiger partial charge in [0.1, 0.15) is 0 Å². The maximum Gasteiger partial charge on any atom is 0.224 e. The topological polar surface area (TPSA) is 55.0 Å². The minimum absolute atomic E-state index is 0.260. The molecule has 1 fully saturated rings. The van der Waals surface area contributed by atoms with Crippen molar-refractivity contribution in [2.75, 3.05) is 29.5 Å². The molecule has 6 heteroatoms. The molecule has 1 saturated heterocycles. The molecule has 0 radical (unpaired) electrons. The van der Waals surface area contributed by atoms with Gasteiger partial charge in [0.25, 0.3) is 0 Å². The van der Waals surface area contributed by atoms with E-state index in [1.54, 1.807) is 6.20 Å². The molecule has 1 unspecified atom stereocenters. The zero-order valence-corrected chi connectivity index (χ0v) is 10.8. The second kappa shape index (κ2) is 5.10. The van der Waals surface area contributed by atoms with Crippen molar-refractivity contribution in [3.63, 3.8) is 0 Å². The Hall–Kier alpha value is -0.680. The zero-order chi connectivity index (χ0) is 11.5. The van der Waals surface area contributed by atoms with E-state index >= 15 is 0 Å². The summed E-state index contributed by atoms with van der Waals surface area (Å²) < 4.78 is 0. The molecule has 1 atom stereocenters. The molecule has 4 nitrogen and oxygen atoms in total. The van der Waals surface area contributed by atoms with Crippen LogP contribution in [0.3, 0.4) is 0 Å². The molecule has 2 heterocycles. The number of thioether (sulfide) groups is 1. The third kappa shape index (κ3) is 2.52. The van der Waals surface area contributed by atoms with Gasteiger partial charge >= 0.3 is 0 Å². The summed E-state index contributed by atoms with van der Waals surface area (Å²) in [6, 6.07) is 0. The highest BCUT2D eigenvalue weighted by atomic mass is 35.5. The lowest BCUT2D eigenvalue weighted by molar-refractivity contribution is 0.720. The van der Waals surface area contributed by atoms with Crippen LogP contribution < -0.4 is 10.6 Å². The average Bonchev–Trinajstić information content (AvgIpc) is 2.32. The number of aromatic nitrogens is 2. The molecule has 0 amide bonds. The van der Waals surface area contributed by atoms with Crippen molar-refractivity contribution < 1.29 is 0 Å². The van der Waals surface area contributed by atoms with Crippen molar-refractivity contribution in [1.82, 2.24) is 9.97 Å². The first-order valence-electron chi connectivity index (χ1n) is 5.35. The first kappa shape index (κ1) is 11.8. The molecule has 0 aromatic carbocycles. The van der Waals surface area contributed by atoms with E-state index in [-0.39, 0.29) is 5.28 Å². The molecule has 1 aliphatic rings. The van der Waals surface area contributed by atoms with Crippen molar-refractivity contribution in [3.8, 4) is 0 Å². The number of hydrogen-bond donors (Lipinski definition) is 1. The van der Waals surface area contributed by atoms with E-state index in [1.165, 1.54) is 6.42 Å². The number of nitrogen functional groups attached to an aromatic ring is 1. The van der Waals surface area contributed by atoms with Crippen LogP contribution >= 0.6 is 23.4 Å². The molecular formula is C10H15ClN4S. The van der Waals surface area contributed by atoms with Gasteiger partial charge in [-0.05, 0) is 18.0 Å². The molecule has 1 aromatic rings. The van der Waals surface area contributed by atoms with E-state index < -0.39 is 0 Å². The van der Waals surface area contributed by atoms with Gasteiger partial charge in [-0.3, -0.25) is 0 Å². The Balaban J connectivity index is 2.19. The van der Waals surface area contributed by atoms with Gasteiger partial charge in [0.05, 0.1) is 11.9 Å². The summed E-state index contributed by atoms with van der Waals surface area (Å²) in [7, 11) is 0. The fraction of sp³-hybridized carbons (Fsp3) is 0.600. The van der Waals surface area contributed by atoms with Crippen molar-refractivity contribution >= 4 is 34.9 Å². The van der Waals surface area contributed by atoms with E-state index in [2.05, 4.69) is 21.8 Å². The Labute approximate surface area is 105 Å². The van der Waals surface area contributed by atoms with Crippen molar-refractivity contribution in [2.45, 2.75) is 18.6 Å². The lowest BCUT2D eigenvalue weighted by Crippen LogP contribution is -2.38. The van der Waals surface area contributed by atoms with Crippen LogP contribution in [-0.4, -0.2) is 34.1 Å². The Morgan fingerprint density at radius 2 is 2.50 bits per heavy atom. The SMILES string of the molecule is CCC1CN(c2nc(Cl)ncc2N)CCS1. The summed E-state index contributed by atoms with van der Waals surface area (Å²) in [4.78, 5) is 10.3. The summed E-state index contributed by atoms with van der Waals surface area (Å²) in [6.45, 7) is 4.16. The normalized spacial score (nSPS) is 21.1. The molecule has 2 rings (SSSR count). The first-order chi connectivity index (χ1) is 7.70. The van der Waals surface area contributed by atoms with E-state index in [9.17, 15) is 0 Å². The quantitative estimate of drug-likeness (QED) is 0.823. The fourth-order valence-electron chi connectivity index (χ4n) is 1.77. The van der Waals surface area contributed by atoms with Gasteiger partial charge in [-0.2, -0.15) is 16.7 Å². The van der Waals surface area contributed by atoms with E-state index in [4.69, 9.17) is 17.3 Å². The fourth-order valence-corrected chi connectivity index (χ4v) is 3.08. The third-order valence-electron chi connectivity index (χ3n) is 2.66. The predicted octanol–water partition coefficient (Wildman–Crippen LogP) is 2.04. The Morgan fingerprint density at radius 3 is 3.25 bits per heavy atom. The van der Waals surface area contributed by atoms with Crippen LogP contribution in [-0.2, 0) is 0 Å². The molecule has 88 valence electrons. The van der Waals surface area contributed by atoms with Crippen molar-refractivity contribution in [1.29, 1.82) is 0 Å². The van der Waals surface area contributed by atoms with Crippen LogP contribution in [0.4, 0.5) is 11.5 Å². The van der Waals surface area contributed by atoms with Crippen LogP contribution in [0.1, 0.15) is 13.3 Å². The number of nitrogens with two attached hydrogens (primary N) is 1. The average molecular weight is 259 g/mol. The first-order valence-corrected chi connectivity index (χ1v) is 6.78. The lowest BCUT2D eigenvalue weighted by Gasteiger charge is -2.33. The zero-order valence-electron chi connectivity index (χ0n) is 9.19. The van der Waals surface area contributed by atoms with E-state index in [1.807, 2.05) is 11.8 Å². The number of nitrogens with zero attached hydrogens (tertiary/aromatic N) is 3. The second-order valence-electron chi connectivity index (χ2n) is 3.77. The largest absolute Gasteiger partial charge is 0.394 e. The van der Waals surface area contributed by atoms with Crippen LogP contribution in [0.15, 0.2) is 6.20 Å². The predicted molar refractivity (Wildman–Crippen MR) is 70.2 cm³/mol. The van der Waals surface area contributed by atoms with E-state index in [0.29, 0.717) is 10.9 Å². The molecular weight excluding hydrogens is 244 g/mol. The summed E-state index contributed by atoms with van der Waals surface area (Å²) in [6.07, 6.45) is 2.74. The third-order valence-corrected chi connectivity index (χ3v) is 4.21. The van der Waals surface area contributed by atoms with E-state index in [0.717, 1.165) is 24.7 Å². The molecule has 0 spiro atoms.